The fourth-order valence-electron chi connectivity index (χ4n) is 2.55. The topological polar surface area (TPSA) is 56.4 Å². The van der Waals surface area contributed by atoms with Gasteiger partial charge in [-0.2, -0.15) is 0 Å². The molecular weight excluding hydrogens is 270 g/mol. The number of nitrogens with one attached hydrogen (secondary N) is 3. The molecule has 0 radical (unpaired) electrons. The molecule has 1 aliphatic heterocycles. The van der Waals surface area contributed by atoms with E-state index in [0.29, 0.717) is 18.0 Å². The van der Waals surface area contributed by atoms with Crippen molar-refractivity contribution >= 4 is 11.6 Å². The van der Waals surface area contributed by atoms with E-state index in [1.807, 2.05) is 6.07 Å². The number of ether oxygens (including phenoxy) is 2. The van der Waals surface area contributed by atoms with E-state index in [-0.39, 0.29) is 5.91 Å². The van der Waals surface area contributed by atoms with E-state index >= 15 is 0 Å². The van der Waals surface area contributed by atoms with Gasteiger partial charge >= 0.3 is 0 Å². The van der Waals surface area contributed by atoms with Crippen molar-refractivity contribution in [2.45, 2.75) is 0 Å². The Labute approximate surface area is 125 Å². The molecule has 6 nitrogen and oxygen atoms in total. The maximum atomic E-state index is 12.1. The number of likely N-dealkylation sites (N-methyl/N-ethyl adjacent to an activating group) is 1. The molecule has 1 aliphatic rings. The summed E-state index contributed by atoms with van der Waals surface area (Å²) in [5.74, 6) is 1.31. The minimum absolute atomic E-state index is 0.0387. The highest BCUT2D eigenvalue weighted by molar-refractivity contribution is 5.91. The Morgan fingerprint density at radius 3 is 2.43 bits per heavy atom. The monoisotopic (exact) mass is 295 g/mol. The summed E-state index contributed by atoms with van der Waals surface area (Å²) in [6, 6.07) is 5.39. The molecule has 0 bridgehead atoms. The first-order valence-electron chi connectivity index (χ1n) is 7.29. The summed E-state index contributed by atoms with van der Waals surface area (Å²) in [6.07, 6.45) is 0. The molecule has 1 amide bonds. The number of piperazine rings is 1. The third-order valence-corrected chi connectivity index (χ3v) is 3.89. The molecule has 1 fully saturated rings. The zero-order valence-corrected chi connectivity index (χ0v) is 13.0. The predicted octanol–water partition coefficient (Wildman–Crippen LogP) is -1.94. The van der Waals surface area contributed by atoms with Gasteiger partial charge in [-0.25, -0.2) is 0 Å². The Morgan fingerprint density at radius 2 is 1.81 bits per heavy atom. The van der Waals surface area contributed by atoms with Crippen molar-refractivity contribution < 1.29 is 24.1 Å². The van der Waals surface area contributed by atoms with Crippen molar-refractivity contribution in [2.75, 3.05) is 59.3 Å². The van der Waals surface area contributed by atoms with Crippen molar-refractivity contribution in [3.05, 3.63) is 18.2 Å². The number of benzene rings is 1. The van der Waals surface area contributed by atoms with Crippen molar-refractivity contribution in [2.24, 2.45) is 0 Å². The van der Waals surface area contributed by atoms with Crippen LogP contribution >= 0.6 is 0 Å². The molecule has 1 saturated heterocycles. The van der Waals surface area contributed by atoms with E-state index < -0.39 is 0 Å². The van der Waals surface area contributed by atoms with Gasteiger partial charge in [-0.3, -0.25) is 4.79 Å². The van der Waals surface area contributed by atoms with Crippen LogP contribution in [0.4, 0.5) is 5.69 Å². The Balaban J connectivity index is 1.90. The Hall–Kier alpha value is -1.79. The Morgan fingerprint density at radius 1 is 1.14 bits per heavy atom. The highest BCUT2D eigenvalue weighted by atomic mass is 16.5. The van der Waals surface area contributed by atoms with Gasteiger partial charge in [0.05, 0.1) is 21.3 Å². The van der Waals surface area contributed by atoms with E-state index in [2.05, 4.69) is 12.4 Å². The smallest absolute Gasteiger partial charge is 0.279 e. The number of quaternary nitrogens is 2. The number of methoxy groups -OCH3 is 2. The van der Waals surface area contributed by atoms with Crippen LogP contribution in [0.2, 0.25) is 0 Å². The first-order valence-corrected chi connectivity index (χ1v) is 7.29. The first-order chi connectivity index (χ1) is 10.1. The molecule has 6 heteroatoms. The van der Waals surface area contributed by atoms with Crippen molar-refractivity contribution in [3.8, 4) is 11.5 Å². The third-order valence-electron chi connectivity index (χ3n) is 3.89. The number of anilines is 1. The normalized spacial score (nSPS) is 21.7. The van der Waals surface area contributed by atoms with E-state index in [0.717, 1.165) is 31.9 Å². The maximum Gasteiger partial charge on any atom is 0.279 e. The maximum absolute atomic E-state index is 12.1. The van der Waals surface area contributed by atoms with Crippen LogP contribution in [0, 0.1) is 0 Å². The molecule has 1 heterocycles. The molecule has 0 spiro atoms. The van der Waals surface area contributed by atoms with Gasteiger partial charge < -0.3 is 24.6 Å². The van der Waals surface area contributed by atoms with Gasteiger partial charge in [0, 0.05) is 11.8 Å². The lowest BCUT2D eigenvalue weighted by atomic mass is 10.2. The van der Waals surface area contributed by atoms with E-state index in [4.69, 9.17) is 9.47 Å². The van der Waals surface area contributed by atoms with E-state index in [9.17, 15) is 4.79 Å². The number of carbonyl (C=O) groups is 1. The molecule has 3 N–H and O–H groups in total. The molecule has 0 aromatic heterocycles. The van der Waals surface area contributed by atoms with Gasteiger partial charge in [-0.05, 0) is 12.1 Å². The lowest BCUT2D eigenvalue weighted by Gasteiger charge is -2.26. The molecule has 2 rings (SSSR count). The zero-order valence-electron chi connectivity index (χ0n) is 13.0. The minimum atomic E-state index is 0.0387. The highest BCUT2D eigenvalue weighted by Gasteiger charge is 2.22. The van der Waals surface area contributed by atoms with Crippen LogP contribution in [-0.4, -0.2) is 59.9 Å². The minimum Gasteiger partial charge on any atom is -0.493 e. The summed E-state index contributed by atoms with van der Waals surface area (Å²) in [4.78, 5) is 15.0. The Kier molecular flexibility index (Phi) is 5.41. The van der Waals surface area contributed by atoms with Crippen LogP contribution < -0.4 is 24.6 Å². The van der Waals surface area contributed by atoms with Gasteiger partial charge in [-0.1, -0.05) is 0 Å². The molecule has 0 atom stereocenters. The van der Waals surface area contributed by atoms with Gasteiger partial charge in [0.15, 0.2) is 18.0 Å². The molecule has 1 aromatic rings. The first kappa shape index (κ1) is 15.6. The quantitative estimate of drug-likeness (QED) is 0.592. The van der Waals surface area contributed by atoms with Gasteiger partial charge in [0.25, 0.3) is 5.91 Å². The highest BCUT2D eigenvalue weighted by Crippen LogP contribution is 2.29. The lowest BCUT2D eigenvalue weighted by Crippen LogP contribution is -3.27. The lowest BCUT2D eigenvalue weighted by molar-refractivity contribution is -0.999. The van der Waals surface area contributed by atoms with Gasteiger partial charge in [0.1, 0.15) is 26.2 Å². The fourth-order valence-corrected chi connectivity index (χ4v) is 2.55. The number of hydrogen-bond acceptors (Lipinski definition) is 3. The molecular formula is C15H25N3O3+2. The van der Waals surface area contributed by atoms with Crippen molar-refractivity contribution in [1.82, 2.24) is 0 Å². The predicted molar refractivity (Wildman–Crippen MR) is 80.4 cm³/mol. The average Bonchev–Trinajstić information content (AvgIpc) is 2.49. The van der Waals surface area contributed by atoms with E-state index in [1.54, 1.807) is 31.3 Å². The molecule has 21 heavy (non-hydrogen) atoms. The summed E-state index contributed by atoms with van der Waals surface area (Å²) < 4.78 is 10.4. The van der Waals surface area contributed by atoms with Crippen molar-refractivity contribution in [3.63, 3.8) is 0 Å². The number of rotatable bonds is 5. The summed E-state index contributed by atoms with van der Waals surface area (Å²) >= 11 is 0. The molecule has 116 valence electrons. The van der Waals surface area contributed by atoms with Crippen LogP contribution in [-0.2, 0) is 4.79 Å². The van der Waals surface area contributed by atoms with Crippen LogP contribution in [0.5, 0.6) is 11.5 Å². The van der Waals surface area contributed by atoms with Gasteiger partial charge in [-0.15, -0.1) is 0 Å². The van der Waals surface area contributed by atoms with Crippen LogP contribution in [0.25, 0.3) is 0 Å². The summed E-state index contributed by atoms with van der Waals surface area (Å²) in [5.41, 5.74) is 0.733. The molecule has 0 saturated carbocycles. The van der Waals surface area contributed by atoms with Crippen LogP contribution in [0.15, 0.2) is 18.2 Å². The van der Waals surface area contributed by atoms with Gasteiger partial charge in [0.2, 0.25) is 0 Å². The second-order valence-electron chi connectivity index (χ2n) is 5.50. The zero-order chi connectivity index (χ0) is 15.2. The van der Waals surface area contributed by atoms with Crippen LogP contribution in [0.1, 0.15) is 0 Å². The fraction of sp³-hybridized carbons (Fsp3) is 0.533. The van der Waals surface area contributed by atoms with E-state index in [1.165, 1.54) is 4.90 Å². The second-order valence-corrected chi connectivity index (χ2v) is 5.50. The molecule has 0 aliphatic carbocycles. The van der Waals surface area contributed by atoms with Crippen molar-refractivity contribution in [1.29, 1.82) is 0 Å². The Bertz CT molecular complexity index is 485. The molecule has 0 unspecified atom stereocenters. The number of carbonyl (C=O) groups excluding carboxylic acids is 1. The number of amides is 1. The standard InChI is InChI=1S/C15H23N3O3/c1-17-6-8-18(9-7-17)11-15(19)16-12-4-5-13(20-2)14(10-12)21-3/h4-5,10H,6-9,11H2,1-3H3,(H,16,19)/p+2. The summed E-state index contributed by atoms with van der Waals surface area (Å²) in [7, 11) is 5.37. The second kappa shape index (κ2) is 7.28. The average molecular weight is 295 g/mol. The third kappa shape index (κ3) is 4.34. The summed E-state index contributed by atoms with van der Waals surface area (Å²) in [5, 5.41) is 2.92. The SMILES string of the molecule is COc1ccc(NC(=O)C[NH+]2CC[NH+](C)CC2)cc1OC. The summed E-state index contributed by atoms with van der Waals surface area (Å²) in [6.45, 7) is 4.86. The largest absolute Gasteiger partial charge is 0.493 e. The van der Waals surface area contributed by atoms with Crippen LogP contribution in [0.3, 0.4) is 0 Å². The number of hydrogen-bond donors (Lipinski definition) is 3. The molecule has 1 aromatic carbocycles.